The number of benzene rings is 3. The SMILES string of the molecule is Cc1cc(CNC(=O)Nc2cc(NC(=O)c3ccccc3)ccc2C)ccc1F. The summed E-state index contributed by atoms with van der Waals surface area (Å²) in [6, 6.07) is 18.5. The van der Waals surface area contributed by atoms with E-state index in [2.05, 4.69) is 16.0 Å². The molecule has 6 heteroatoms. The first-order valence-electron chi connectivity index (χ1n) is 9.19. The van der Waals surface area contributed by atoms with Gasteiger partial charge in [0.25, 0.3) is 5.91 Å². The molecule has 0 radical (unpaired) electrons. The zero-order valence-corrected chi connectivity index (χ0v) is 16.3. The van der Waals surface area contributed by atoms with Gasteiger partial charge in [0.05, 0.1) is 0 Å². The summed E-state index contributed by atoms with van der Waals surface area (Å²) in [5.41, 5.74) is 3.91. The van der Waals surface area contributed by atoms with Gasteiger partial charge < -0.3 is 16.0 Å². The molecule has 5 nitrogen and oxygen atoms in total. The van der Waals surface area contributed by atoms with Crippen LogP contribution in [-0.2, 0) is 6.54 Å². The van der Waals surface area contributed by atoms with Crippen molar-refractivity contribution in [3.05, 3.63) is 94.8 Å². The maximum absolute atomic E-state index is 13.3. The average Bonchev–Trinajstić information content (AvgIpc) is 2.72. The van der Waals surface area contributed by atoms with Crippen LogP contribution in [0.25, 0.3) is 0 Å². The first-order valence-corrected chi connectivity index (χ1v) is 9.19. The number of anilines is 2. The number of rotatable bonds is 5. The zero-order chi connectivity index (χ0) is 20.8. The topological polar surface area (TPSA) is 70.2 Å². The molecule has 148 valence electrons. The molecule has 0 atom stereocenters. The number of amides is 3. The highest BCUT2D eigenvalue weighted by molar-refractivity contribution is 6.04. The molecule has 3 rings (SSSR count). The molecule has 3 aromatic rings. The lowest BCUT2D eigenvalue weighted by molar-refractivity contribution is 0.102. The quantitative estimate of drug-likeness (QED) is 0.572. The summed E-state index contributed by atoms with van der Waals surface area (Å²) in [4.78, 5) is 24.6. The van der Waals surface area contributed by atoms with Crippen LogP contribution in [-0.4, -0.2) is 11.9 Å². The van der Waals surface area contributed by atoms with E-state index in [0.29, 0.717) is 22.5 Å². The fourth-order valence-electron chi connectivity index (χ4n) is 2.79. The minimum absolute atomic E-state index is 0.225. The van der Waals surface area contributed by atoms with Crippen LogP contribution in [0.5, 0.6) is 0 Å². The van der Waals surface area contributed by atoms with Gasteiger partial charge in [-0.1, -0.05) is 36.4 Å². The number of halogens is 1. The predicted molar refractivity (Wildman–Crippen MR) is 113 cm³/mol. The molecule has 0 bridgehead atoms. The lowest BCUT2D eigenvalue weighted by atomic mass is 10.1. The van der Waals surface area contributed by atoms with Crippen LogP contribution >= 0.6 is 0 Å². The standard InChI is InChI=1S/C23H22FN3O2/c1-15-8-10-19(26-22(28)18-6-4-3-5-7-18)13-21(15)27-23(29)25-14-17-9-11-20(24)16(2)12-17/h3-13H,14H2,1-2H3,(H,26,28)(H2,25,27,29). The van der Waals surface area contributed by atoms with E-state index in [4.69, 9.17) is 0 Å². The molecule has 3 aromatic carbocycles. The Bertz CT molecular complexity index is 1040. The molecule has 0 heterocycles. The number of nitrogens with one attached hydrogen (secondary N) is 3. The van der Waals surface area contributed by atoms with E-state index in [9.17, 15) is 14.0 Å². The Morgan fingerprint density at radius 2 is 1.62 bits per heavy atom. The van der Waals surface area contributed by atoms with E-state index >= 15 is 0 Å². The highest BCUT2D eigenvalue weighted by Gasteiger charge is 2.09. The monoisotopic (exact) mass is 391 g/mol. The summed E-state index contributed by atoms with van der Waals surface area (Å²) in [6.45, 7) is 3.82. The summed E-state index contributed by atoms with van der Waals surface area (Å²) in [6.07, 6.45) is 0. The van der Waals surface area contributed by atoms with Crippen molar-refractivity contribution >= 4 is 23.3 Å². The Hall–Kier alpha value is -3.67. The van der Waals surface area contributed by atoms with Gasteiger partial charge >= 0.3 is 6.03 Å². The van der Waals surface area contributed by atoms with Crippen LogP contribution in [0, 0.1) is 19.7 Å². The highest BCUT2D eigenvalue weighted by atomic mass is 19.1. The Kier molecular flexibility index (Phi) is 6.24. The van der Waals surface area contributed by atoms with Crippen LogP contribution in [0.1, 0.15) is 27.0 Å². The molecule has 29 heavy (non-hydrogen) atoms. The van der Waals surface area contributed by atoms with Crippen molar-refractivity contribution < 1.29 is 14.0 Å². The van der Waals surface area contributed by atoms with Gasteiger partial charge in [0.15, 0.2) is 0 Å². The van der Waals surface area contributed by atoms with Crippen LogP contribution < -0.4 is 16.0 Å². The van der Waals surface area contributed by atoms with Crippen LogP contribution in [0.3, 0.4) is 0 Å². The number of hydrogen-bond acceptors (Lipinski definition) is 2. The molecule has 0 spiro atoms. The van der Waals surface area contributed by atoms with Crippen molar-refractivity contribution in [2.75, 3.05) is 10.6 Å². The number of aryl methyl sites for hydroxylation is 2. The lowest BCUT2D eigenvalue weighted by Gasteiger charge is -2.13. The third kappa shape index (κ3) is 5.42. The summed E-state index contributed by atoms with van der Waals surface area (Å²) in [7, 11) is 0. The van der Waals surface area contributed by atoms with Gasteiger partial charge in [-0.3, -0.25) is 4.79 Å². The molecule has 0 unspecified atom stereocenters. The summed E-state index contributed by atoms with van der Waals surface area (Å²) >= 11 is 0. The fraction of sp³-hybridized carbons (Fsp3) is 0.130. The van der Waals surface area contributed by atoms with E-state index in [1.54, 1.807) is 55.5 Å². The van der Waals surface area contributed by atoms with E-state index < -0.39 is 0 Å². The van der Waals surface area contributed by atoms with Gasteiger partial charge in [0.1, 0.15) is 5.82 Å². The highest BCUT2D eigenvalue weighted by Crippen LogP contribution is 2.21. The molecule has 3 N–H and O–H groups in total. The van der Waals surface area contributed by atoms with Crippen LogP contribution in [0.4, 0.5) is 20.6 Å². The second-order valence-electron chi connectivity index (χ2n) is 6.74. The van der Waals surface area contributed by atoms with Gasteiger partial charge in [-0.25, -0.2) is 9.18 Å². The number of carbonyl (C=O) groups is 2. The normalized spacial score (nSPS) is 10.3. The van der Waals surface area contributed by atoms with Gasteiger partial charge in [-0.15, -0.1) is 0 Å². The van der Waals surface area contributed by atoms with E-state index in [1.807, 2.05) is 19.1 Å². The van der Waals surface area contributed by atoms with E-state index in [-0.39, 0.29) is 24.3 Å². The van der Waals surface area contributed by atoms with Crippen LogP contribution in [0.2, 0.25) is 0 Å². The van der Waals surface area contributed by atoms with Crippen LogP contribution in [0.15, 0.2) is 66.7 Å². The lowest BCUT2D eigenvalue weighted by Crippen LogP contribution is -2.28. The maximum atomic E-state index is 13.3. The average molecular weight is 391 g/mol. The van der Waals surface area contributed by atoms with Crippen molar-refractivity contribution in [1.29, 1.82) is 0 Å². The van der Waals surface area contributed by atoms with Gasteiger partial charge in [-0.05, 0) is 60.9 Å². The smallest absolute Gasteiger partial charge is 0.319 e. The predicted octanol–water partition coefficient (Wildman–Crippen LogP) is 5.02. The minimum atomic E-state index is -0.387. The molecule has 3 amide bonds. The van der Waals surface area contributed by atoms with Crippen molar-refractivity contribution in [3.8, 4) is 0 Å². The van der Waals surface area contributed by atoms with Crippen molar-refractivity contribution in [3.63, 3.8) is 0 Å². The van der Waals surface area contributed by atoms with Crippen molar-refractivity contribution in [1.82, 2.24) is 5.32 Å². The second-order valence-corrected chi connectivity index (χ2v) is 6.74. The molecule has 0 saturated carbocycles. The largest absolute Gasteiger partial charge is 0.334 e. The fourth-order valence-corrected chi connectivity index (χ4v) is 2.79. The maximum Gasteiger partial charge on any atom is 0.319 e. The van der Waals surface area contributed by atoms with Crippen molar-refractivity contribution in [2.45, 2.75) is 20.4 Å². The summed E-state index contributed by atoms with van der Waals surface area (Å²) < 4.78 is 13.3. The third-order valence-corrected chi connectivity index (χ3v) is 4.46. The molecule has 0 fully saturated rings. The Morgan fingerprint density at radius 1 is 0.862 bits per heavy atom. The van der Waals surface area contributed by atoms with Gasteiger partial charge in [-0.2, -0.15) is 0 Å². The van der Waals surface area contributed by atoms with Gasteiger partial charge in [0, 0.05) is 23.5 Å². The number of hydrogen-bond donors (Lipinski definition) is 3. The van der Waals surface area contributed by atoms with Crippen molar-refractivity contribution in [2.24, 2.45) is 0 Å². The molecule has 0 saturated heterocycles. The second kappa shape index (κ2) is 9.01. The molecule has 0 aliphatic heterocycles. The van der Waals surface area contributed by atoms with E-state index in [1.165, 1.54) is 6.07 Å². The van der Waals surface area contributed by atoms with E-state index in [0.717, 1.165) is 11.1 Å². The Balaban J connectivity index is 1.62. The first-order chi connectivity index (χ1) is 13.9. The summed E-state index contributed by atoms with van der Waals surface area (Å²) in [5, 5.41) is 8.35. The Labute approximate surface area is 169 Å². The number of urea groups is 1. The minimum Gasteiger partial charge on any atom is -0.334 e. The molecular formula is C23H22FN3O2. The Morgan fingerprint density at radius 3 is 2.34 bits per heavy atom. The molecule has 0 aliphatic carbocycles. The third-order valence-electron chi connectivity index (χ3n) is 4.46. The number of carbonyl (C=O) groups excluding carboxylic acids is 2. The van der Waals surface area contributed by atoms with Gasteiger partial charge in [0.2, 0.25) is 0 Å². The summed E-state index contributed by atoms with van der Waals surface area (Å²) in [5.74, 6) is -0.500. The first kappa shape index (κ1) is 20.1. The molecule has 0 aromatic heterocycles. The molecule has 0 aliphatic rings. The zero-order valence-electron chi connectivity index (χ0n) is 16.3. The molecular weight excluding hydrogens is 369 g/mol.